The molecule has 1 fully saturated rings. The Morgan fingerprint density at radius 1 is 1.09 bits per heavy atom. The Bertz CT molecular complexity index is 1720. The van der Waals surface area contributed by atoms with Crippen LogP contribution in [0.25, 0.3) is 33.6 Å². The van der Waals surface area contributed by atoms with E-state index in [0.29, 0.717) is 48.6 Å². The van der Waals surface area contributed by atoms with E-state index in [2.05, 4.69) is 26.6 Å². The van der Waals surface area contributed by atoms with Gasteiger partial charge in [-0.25, -0.2) is 14.4 Å². The van der Waals surface area contributed by atoms with Crippen LogP contribution in [-0.4, -0.2) is 76.5 Å². The van der Waals surface area contributed by atoms with Crippen molar-refractivity contribution in [2.24, 2.45) is 7.05 Å². The second-order valence-electron chi connectivity index (χ2n) is 12.1. The van der Waals surface area contributed by atoms with Gasteiger partial charge in [-0.15, -0.1) is 0 Å². The molecule has 5 heterocycles. The van der Waals surface area contributed by atoms with E-state index in [4.69, 9.17) is 19.4 Å². The van der Waals surface area contributed by atoms with Gasteiger partial charge in [0.1, 0.15) is 29.2 Å². The van der Waals surface area contributed by atoms with Gasteiger partial charge in [0.25, 0.3) is 5.91 Å². The number of alkyl halides is 1. The Morgan fingerprint density at radius 2 is 1.91 bits per heavy atom. The summed E-state index contributed by atoms with van der Waals surface area (Å²) in [5, 5.41) is 10.0. The Balaban J connectivity index is 1.40. The molecule has 6 rings (SSSR count). The number of imidazole rings is 1. The first-order chi connectivity index (χ1) is 21.8. The van der Waals surface area contributed by atoms with Gasteiger partial charge in [-0.3, -0.25) is 9.59 Å². The van der Waals surface area contributed by atoms with Crippen molar-refractivity contribution in [3.05, 3.63) is 41.6 Å². The van der Waals surface area contributed by atoms with Crippen molar-refractivity contribution in [2.45, 2.75) is 76.4 Å². The SMILES string of the molecule is COc1cc(C(=O)N[C@H]2CNCC[C@@H]2F)cc2nc(-c3cc4ccc5nc4n3CCCCCC[C@H](OC)C(=O)N[C@@H]5C)n(C)c12. The van der Waals surface area contributed by atoms with Crippen molar-refractivity contribution in [1.29, 1.82) is 0 Å². The summed E-state index contributed by atoms with van der Waals surface area (Å²) >= 11 is 0. The predicted molar refractivity (Wildman–Crippen MR) is 170 cm³/mol. The lowest BCUT2D eigenvalue weighted by Gasteiger charge is -2.27. The molecule has 2 bridgehead atoms. The van der Waals surface area contributed by atoms with Gasteiger partial charge in [0.2, 0.25) is 5.91 Å². The second-order valence-corrected chi connectivity index (χ2v) is 12.1. The van der Waals surface area contributed by atoms with Crippen molar-refractivity contribution in [1.82, 2.24) is 35.1 Å². The van der Waals surface area contributed by atoms with Crippen LogP contribution in [-0.2, 0) is 23.1 Å². The van der Waals surface area contributed by atoms with E-state index >= 15 is 0 Å². The quantitative estimate of drug-likeness (QED) is 0.306. The first-order valence-corrected chi connectivity index (χ1v) is 15.8. The van der Waals surface area contributed by atoms with E-state index in [-0.39, 0.29) is 17.9 Å². The number of hydrogen-bond donors (Lipinski definition) is 3. The van der Waals surface area contributed by atoms with Gasteiger partial charge in [0, 0.05) is 38.2 Å². The van der Waals surface area contributed by atoms with Crippen molar-refractivity contribution in [3.63, 3.8) is 0 Å². The summed E-state index contributed by atoms with van der Waals surface area (Å²) in [6.07, 6.45) is 3.30. The standard InChI is InChI=1S/C33H42FN7O4/c1-19-23-11-10-20-16-26(41(30(20)37-23)14-8-6-5-7-9-27(44-3)33(43)36-19)31-38-24-15-21(17-28(45-4)29(24)40(31)2)32(42)39-25-18-35-13-12-22(25)34/h10-11,15-17,19,22,25,27,35H,5-9,12-14,18H2,1-4H3,(H,36,43)(H,39,42)/t19-,22+,25+,27+/m1/s1. The van der Waals surface area contributed by atoms with Gasteiger partial charge in [0.05, 0.1) is 36.1 Å². The molecule has 1 saturated heterocycles. The summed E-state index contributed by atoms with van der Waals surface area (Å²) in [5.41, 5.74) is 4.21. The molecule has 3 aromatic heterocycles. The lowest BCUT2D eigenvalue weighted by atomic mass is 10.0. The van der Waals surface area contributed by atoms with Crippen molar-refractivity contribution in [3.8, 4) is 17.3 Å². The van der Waals surface area contributed by atoms with Crippen LogP contribution < -0.4 is 20.7 Å². The highest BCUT2D eigenvalue weighted by Gasteiger charge is 2.28. The van der Waals surface area contributed by atoms with E-state index in [0.717, 1.165) is 60.2 Å². The molecule has 2 aliphatic rings. The summed E-state index contributed by atoms with van der Waals surface area (Å²) < 4.78 is 29.9. The average Bonchev–Trinajstić information content (AvgIpc) is 3.57. The summed E-state index contributed by atoms with van der Waals surface area (Å²) in [5.74, 6) is 0.734. The molecule has 12 heteroatoms. The van der Waals surface area contributed by atoms with Crippen molar-refractivity contribution in [2.75, 3.05) is 27.3 Å². The van der Waals surface area contributed by atoms with Gasteiger partial charge in [0.15, 0.2) is 5.82 Å². The molecule has 3 N–H and O–H groups in total. The molecule has 4 aromatic rings. The van der Waals surface area contributed by atoms with E-state index in [1.54, 1.807) is 26.4 Å². The minimum atomic E-state index is -1.09. The zero-order valence-corrected chi connectivity index (χ0v) is 26.4. The van der Waals surface area contributed by atoms with Gasteiger partial charge in [-0.1, -0.05) is 19.3 Å². The first kappa shape index (κ1) is 31.0. The lowest BCUT2D eigenvalue weighted by Crippen LogP contribution is -2.52. The Kier molecular flexibility index (Phi) is 9.04. The van der Waals surface area contributed by atoms with Crippen LogP contribution in [0.4, 0.5) is 4.39 Å². The molecule has 0 aliphatic carbocycles. The van der Waals surface area contributed by atoms with Crippen LogP contribution >= 0.6 is 0 Å². The molecular weight excluding hydrogens is 577 g/mol. The molecule has 0 radical (unpaired) electrons. The van der Waals surface area contributed by atoms with Gasteiger partial charge >= 0.3 is 0 Å². The molecular formula is C33H42FN7O4. The fraction of sp³-hybridized carbons (Fsp3) is 0.515. The molecule has 2 aliphatic heterocycles. The molecule has 1 aromatic carbocycles. The number of hydrogen-bond acceptors (Lipinski definition) is 7. The van der Waals surface area contributed by atoms with Crippen LogP contribution in [0.15, 0.2) is 30.3 Å². The smallest absolute Gasteiger partial charge is 0.251 e. The first-order valence-electron chi connectivity index (χ1n) is 15.8. The topological polar surface area (TPSA) is 124 Å². The fourth-order valence-electron chi connectivity index (χ4n) is 6.53. The molecule has 240 valence electrons. The number of amides is 2. The van der Waals surface area contributed by atoms with Crippen LogP contribution in [0.5, 0.6) is 5.75 Å². The van der Waals surface area contributed by atoms with Crippen LogP contribution in [0.1, 0.15) is 67.5 Å². The number of methoxy groups -OCH3 is 2. The number of ether oxygens (including phenoxy) is 2. The fourth-order valence-corrected chi connectivity index (χ4v) is 6.53. The summed E-state index contributed by atoms with van der Waals surface area (Å²) in [7, 11) is 5.09. The number of pyridine rings is 1. The number of piperidine rings is 1. The highest BCUT2D eigenvalue weighted by atomic mass is 19.1. The molecule has 11 nitrogen and oxygen atoms in total. The highest BCUT2D eigenvalue weighted by molar-refractivity contribution is 6.00. The third-order valence-electron chi connectivity index (χ3n) is 9.10. The summed E-state index contributed by atoms with van der Waals surface area (Å²) in [6, 6.07) is 8.60. The zero-order chi connectivity index (χ0) is 31.7. The van der Waals surface area contributed by atoms with Crippen LogP contribution in [0.2, 0.25) is 0 Å². The number of fused-ring (bicyclic) bond motifs is 2. The summed E-state index contributed by atoms with van der Waals surface area (Å²) in [4.78, 5) is 36.2. The Labute approximate surface area is 261 Å². The van der Waals surface area contributed by atoms with Crippen molar-refractivity contribution < 1.29 is 23.5 Å². The van der Waals surface area contributed by atoms with Gasteiger partial charge < -0.3 is 34.6 Å². The Morgan fingerprint density at radius 3 is 2.69 bits per heavy atom. The normalized spacial score (nSPS) is 23.2. The lowest BCUT2D eigenvalue weighted by molar-refractivity contribution is -0.132. The molecule has 4 atom stereocenters. The number of nitrogens with zero attached hydrogens (tertiary/aromatic N) is 4. The number of carbonyl (C=O) groups excluding carboxylic acids is 2. The molecule has 0 spiro atoms. The number of carbonyl (C=O) groups is 2. The maximum absolute atomic E-state index is 14.5. The average molecular weight is 620 g/mol. The maximum Gasteiger partial charge on any atom is 0.251 e. The second kappa shape index (κ2) is 13.1. The largest absolute Gasteiger partial charge is 0.494 e. The number of halogens is 1. The van der Waals surface area contributed by atoms with Gasteiger partial charge in [-0.05, 0) is 63.1 Å². The minimum Gasteiger partial charge on any atom is -0.494 e. The monoisotopic (exact) mass is 619 g/mol. The maximum atomic E-state index is 14.5. The molecule has 0 unspecified atom stereocenters. The van der Waals surface area contributed by atoms with Crippen LogP contribution in [0, 0.1) is 0 Å². The van der Waals surface area contributed by atoms with E-state index < -0.39 is 18.3 Å². The van der Waals surface area contributed by atoms with E-state index in [1.807, 2.05) is 30.7 Å². The van der Waals surface area contributed by atoms with Crippen LogP contribution in [0.3, 0.4) is 0 Å². The minimum absolute atomic E-state index is 0.123. The molecule has 2 amide bonds. The number of nitrogens with one attached hydrogen (secondary N) is 3. The number of aromatic nitrogens is 4. The van der Waals surface area contributed by atoms with Crippen molar-refractivity contribution >= 4 is 33.9 Å². The van der Waals surface area contributed by atoms with Gasteiger partial charge in [-0.2, -0.15) is 0 Å². The number of rotatable bonds is 5. The Hall–Kier alpha value is -4.03. The third-order valence-corrected chi connectivity index (χ3v) is 9.10. The third kappa shape index (κ3) is 6.13. The number of aryl methyl sites for hydroxylation is 2. The molecule has 0 saturated carbocycles. The van der Waals surface area contributed by atoms with E-state index in [1.165, 1.54) is 0 Å². The molecule has 45 heavy (non-hydrogen) atoms. The summed E-state index contributed by atoms with van der Waals surface area (Å²) in [6.45, 7) is 3.67. The highest BCUT2D eigenvalue weighted by Crippen LogP contribution is 2.35. The van der Waals surface area contributed by atoms with E-state index in [9.17, 15) is 14.0 Å². The number of benzene rings is 1. The predicted octanol–water partition coefficient (Wildman–Crippen LogP) is 4.18. The zero-order valence-electron chi connectivity index (χ0n) is 26.4.